The van der Waals surface area contributed by atoms with Crippen LogP contribution in [0.1, 0.15) is 116 Å². The van der Waals surface area contributed by atoms with Gasteiger partial charge in [0.2, 0.25) is 0 Å². The van der Waals surface area contributed by atoms with E-state index in [2.05, 4.69) is 114 Å². The molecule has 0 saturated carbocycles. The van der Waals surface area contributed by atoms with Gasteiger partial charge in [-0.3, -0.25) is 0 Å². The van der Waals surface area contributed by atoms with Gasteiger partial charge in [0.05, 0.1) is 7.05 Å². The number of phenols is 2. The first-order valence-corrected chi connectivity index (χ1v) is 12.7. The molecule has 190 valence electrons. The standard InChI is InChI=1S/C31H49NO2/c1-28(2,3)22-14-20(15-23(26(22)33)29(4,5)6)18-32(13)19-21-16-24(30(7,8)9)27(34)25(17-21)31(10,11)12/h14-17,33-34H,18-19H2,1-13H3/p+1. The van der Waals surface area contributed by atoms with Crippen LogP contribution in [0.2, 0.25) is 0 Å². The summed E-state index contributed by atoms with van der Waals surface area (Å²) in [5, 5.41) is 22.1. The fourth-order valence-corrected chi connectivity index (χ4v) is 4.64. The van der Waals surface area contributed by atoms with Crippen molar-refractivity contribution in [3.8, 4) is 11.5 Å². The lowest BCUT2D eigenvalue weighted by atomic mass is 9.78. The van der Waals surface area contributed by atoms with Crippen molar-refractivity contribution in [3.05, 3.63) is 57.6 Å². The van der Waals surface area contributed by atoms with Gasteiger partial charge in [0.15, 0.2) is 0 Å². The van der Waals surface area contributed by atoms with Gasteiger partial charge in [0.1, 0.15) is 24.6 Å². The number of hydrogen-bond donors (Lipinski definition) is 3. The van der Waals surface area contributed by atoms with Gasteiger partial charge in [0.25, 0.3) is 0 Å². The highest BCUT2D eigenvalue weighted by molar-refractivity contribution is 5.51. The van der Waals surface area contributed by atoms with Gasteiger partial charge in [-0.2, -0.15) is 0 Å². The quantitative estimate of drug-likeness (QED) is 0.479. The smallest absolute Gasteiger partial charge is 0.123 e. The summed E-state index contributed by atoms with van der Waals surface area (Å²) in [5.74, 6) is 0.870. The van der Waals surface area contributed by atoms with Crippen LogP contribution in [0.4, 0.5) is 0 Å². The second-order valence-corrected chi connectivity index (χ2v) is 14.4. The van der Waals surface area contributed by atoms with E-state index < -0.39 is 0 Å². The van der Waals surface area contributed by atoms with Gasteiger partial charge in [-0.25, -0.2) is 0 Å². The monoisotopic (exact) mass is 468 g/mol. The molecular formula is C31H50NO2+. The highest BCUT2D eigenvalue weighted by Gasteiger charge is 2.29. The van der Waals surface area contributed by atoms with Crippen LogP contribution in [0.3, 0.4) is 0 Å². The van der Waals surface area contributed by atoms with Crippen molar-refractivity contribution in [1.29, 1.82) is 0 Å². The molecule has 2 aromatic rings. The predicted octanol–water partition coefficient (Wildman–Crippen LogP) is 6.50. The third-order valence-electron chi connectivity index (χ3n) is 6.58. The van der Waals surface area contributed by atoms with Crippen LogP contribution in [0.25, 0.3) is 0 Å². The molecular weight excluding hydrogens is 418 g/mol. The molecule has 0 spiro atoms. The molecule has 0 atom stereocenters. The van der Waals surface area contributed by atoms with Crippen molar-refractivity contribution < 1.29 is 15.1 Å². The first kappa shape index (κ1) is 28.2. The van der Waals surface area contributed by atoms with Crippen molar-refractivity contribution in [2.75, 3.05) is 7.05 Å². The topological polar surface area (TPSA) is 44.9 Å². The van der Waals surface area contributed by atoms with E-state index in [1.165, 1.54) is 16.0 Å². The molecule has 0 radical (unpaired) electrons. The van der Waals surface area contributed by atoms with Crippen LogP contribution in [-0.4, -0.2) is 17.3 Å². The normalized spacial score (nSPS) is 13.6. The van der Waals surface area contributed by atoms with Gasteiger partial charge < -0.3 is 15.1 Å². The van der Waals surface area contributed by atoms with E-state index in [-0.39, 0.29) is 21.7 Å². The van der Waals surface area contributed by atoms with Crippen LogP contribution >= 0.6 is 0 Å². The largest absolute Gasteiger partial charge is 0.507 e. The molecule has 0 aromatic heterocycles. The molecule has 0 aliphatic carbocycles. The van der Waals surface area contributed by atoms with Crippen molar-refractivity contribution >= 4 is 0 Å². The Bertz CT molecular complexity index is 868. The van der Waals surface area contributed by atoms with Crippen LogP contribution < -0.4 is 4.90 Å². The number of quaternary nitrogens is 1. The first-order chi connectivity index (χ1) is 15.1. The maximum atomic E-state index is 11.1. The highest BCUT2D eigenvalue weighted by atomic mass is 16.3. The minimum Gasteiger partial charge on any atom is -0.507 e. The van der Waals surface area contributed by atoms with E-state index in [1.54, 1.807) is 0 Å². The molecule has 3 heteroatoms. The number of phenolic OH excluding ortho intramolecular Hbond substituents is 2. The van der Waals surface area contributed by atoms with Crippen molar-refractivity contribution in [2.45, 2.75) is 118 Å². The number of benzene rings is 2. The Labute approximate surface area is 209 Å². The van der Waals surface area contributed by atoms with Gasteiger partial charge in [-0.1, -0.05) is 83.1 Å². The molecule has 0 aliphatic heterocycles. The molecule has 0 amide bonds. The lowest BCUT2D eigenvalue weighted by Crippen LogP contribution is -3.06. The average molecular weight is 469 g/mol. The molecule has 34 heavy (non-hydrogen) atoms. The summed E-state index contributed by atoms with van der Waals surface area (Å²) in [6, 6.07) is 8.75. The molecule has 2 aromatic carbocycles. The fraction of sp³-hybridized carbons (Fsp3) is 0.613. The van der Waals surface area contributed by atoms with E-state index in [9.17, 15) is 10.2 Å². The third-order valence-corrected chi connectivity index (χ3v) is 6.58. The molecule has 0 bridgehead atoms. The Hall–Kier alpha value is -2.00. The minimum absolute atomic E-state index is 0.131. The zero-order valence-corrected chi connectivity index (χ0v) is 24.1. The third kappa shape index (κ3) is 6.56. The average Bonchev–Trinajstić information content (AvgIpc) is 2.60. The lowest BCUT2D eigenvalue weighted by Gasteiger charge is -2.29. The molecule has 3 N–H and O–H groups in total. The molecule has 3 nitrogen and oxygen atoms in total. The predicted molar refractivity (Wildman–Crippen MR) is 145 cm³/mol. The summed E-state index contributed by atoms with van der Waals surface area (Å²) in [6.07, 6.45) is 0. The summed E-state index contributed by atoms with van der Waals surface area (Å²) >= 11 is 0. The maximum absolute atomic E-state index is 11.1. The minimum atomic E-state index is -0.131. The van der Waals surface area contributed by atoms with Crippen molar-refractivity contribution in [1.82, 2.24) is 0 Å². The van der Waals surface area contributed by atoms with Crippen LogP contribution in [-0.2, 0) is 34.7 Å². The molecule has 0 unspecified atom stereocenters. The Kier molecular flexibility index (Phi) is 7.66. The SMILES string of the molecule is C[NH+](Cc1cc(C(C)(C)C)c(O)c(C(C)(C)C)c1)Cc1cc(C(C)(C)C)c(O)c(C(C)(C)C)c1. The maximum Gasteiger partial charge on any atom is 0.123 e. The molecule has 0 heterocycles. The van der Waals surface area contributed by atoms with E-state index in [0.717, 1.165) is 35.3 Å². The summed E-state index contributed by atoms with van der Waals surface area (Å²) in [6.45, 7) is 27.6. The van der Waals surface area contributed by atoms with Crippen LogP contribution in [0, 0.1) is 0 Å². The summed E-state index contributed by atoms with van der Waals surface area (Å²) in [4.78, 5) is 1.37. The number of nitrogens with one attached hydrogen (secondary N) is 1. The Morgan fingerprint density at radius 2 is 0.706 bits per heavy atom. The van der Waals surface area contributed by atoms with E-state index in [4.69, 9.17) is 0 Å². The second-order valence-electron chi connectivity index (χ2n) is 14.4. The zero-order chi connectivity index (χ0) is 26.4. The first-order valence-electron chi connectivity index (χ1n) is 12.7. The summed E-state index contributed by atoms with van der Waals surface area (Å²) in [7, 11) is 2.22. The second kappa shape index (κ2) is 9.22. The Morgan fingerprint density at radius 1 is 0.500 bits per heavy atom. The van der Waals surface area contributed by atoms with E-state index in [0.29, 0.717) is 11.5 Å². The molecule has 2 rings (SSSR count). The van der Waals surface area contributed by atoms with Gasteiger partial charge in [-0.15, -0.1) is 0 Å². The number of rotatable bonds is 4. The van der Waals surface area contributed by atoms with Crippen molar-refractivity contribution in [2.24, 2.45) is 0 Å². The van der Waals surface area contributed by atoms with Gasteiger partial charge in [0, 0.05) is 33.4 Å². The van der Waals surface area contributed by atoms with E-state index in [1.807, 2.05) is 0 Å². The number of hydrogen-bond acceptors (Lipinski definition) is 2. The van der Waals surface area contributed by atoms with Crippen LogP contribution in [0.15, 0.2) is 24.3 Å². The van der Waals surface area contributed by atoms with Crippen molar-refractivity contribution in [3.63, 3.8) is 0 Å². The van der Waals surface area contributed by atoms with Gasteiger partial charge >= 0.3 is 0 Å². The molecule has 0 fully saturated rings. The fourth-order valence-electron chi connectivity index (χ4n) is 4.64. The Balaban J connectivity index is 2.48. The lowest BCUT2D eigenvalue weighted by molar-refractivity contribution is -0.907. The van der Waals surface area contributed by atoms with Crippen LogP contribution in [0.5, 0.6) is 11.5 Å². The summed E-state index contributed by atoms with van der Waals surface area (Å²) in [5.41, 5.74) is 6.02. The summed E-state index contributed by atoms with van der Waals surface area (Å²) < 4.78 is 0. The molecule has 0 aliphatic rings. The van der Waals surface area contributed by atoms with Gasteiger partial charge in [-0.05, 0) is 45.9 Å². The highest BCUT2D eigenvalue weighted by Crippen LogP contribution is 2.41. The number of aromatic hydroxyl groups is 2. The Morgan fingerprint density at radius 3 is 0.882 bits per heavy atom. The zero-order valence-electron chi connectivity index (χ0n) is 24.1. The molecule has 0 saturated heterocycles. The van der Waals surface area contributed by atoms with E-state index >= 15 is 0 Å².